The zero-order valence-corrected chi connectivity index (χ0v) is 26.4. The zero-order chi connectivity index (χ0) is 29.8. The maximum absolute atomic E-state index is 5.98. The Hall–Kier alpha value is -4.92. The first-order chi connectivity index (χ1) is 20.2. The Balaban J connectivity index is 0.000000293. The molecule has 0 aliphatic heterocycles. The van der Waals surface area contributed by atoms with Gasteiger partial charge in [0.2, 0.25) is 0 Å². The summed E-state index contributed by atoms with van der Waals surface area (Å²) in [6.07, 6.45) is 5.53. The molecule has 0 heterocycles. The first-order valence-electron chi connectivity index (χ1n) is 13.6. The summed E-state index contributed by atoms with van der Waals surface area (Å²) >= 11 is 0. The molecule has 0 radical (unpaired) electrons. The Morgan fingerprint density at radius 3 is 1.75 bits per heavy atom. The van der Waals surface area contributed by atoms with Crippen LogP contribution in [0.1, 0.15) is 27.8 Å². The number of halogens is 2. The normalized spacial score (nSPS) is 11.6. The van der Waals surface area contributed by atoms with Gasteiger partial charge in [-0.1, -0.05) is 54.6 Å². The van der Waals surface area contributed by atoms with Gasteiger partial charge in [-0.2, -0.15) is 10.2 Å². The molecular formula is C34H36Cl2N8. The second-order valence-electron chi connectivity index (χ2n) is 10.4. The lowest BCUT2D eigenvalue weighted by molar-refractivity contribution is 1.18. The summed E-state index contributed by atoms with van der Waals surface area (Å²) in [5, 5.41) is 19.9. The average molecular weight is 628 g/mol. The van der Waals surface area contributed by atoms with Crippen molar-refractivity contribution in [3.8, 4) is 0 Å². The first-order valence-corrected chi connectivity index (χ1v) is 13.6. The van der Waals surface area contributed by atoms with Crippen LogP contribution >= 0.6 is 24.8 Å². The van der Waals surface area contributed by atoms with E-state index in [1.54, 1.807) is 30.3 Å². The third-order valence-corrected chi connectivity index (χ3v) is 7.22. The van der Waals surface area contributed by atoms with Gasteiger partial charge in [0, 0.05) is 11.4 Å². The van der Waals surface area contributed by atoms with Crippen LogP contribution in [0.2, 0.25) is 0 Å². The predicted octanol–water partition coefficient (Wildman–Crippen LogP) is 10.0. The smallest absolute Gasteiger partial charge is 0.109 e. The molecule has 0 saturated heterocycles. The minimum absolute atomic E-state index is 0. The minimum atomic E-state index is 0. The molecule has 8 N–H and O–H groups in total. The van der Waals surface area contributed by atoms with Gasteiger partial charge in [-0.15, -0.1) is 35.0 Å². The van der Waals surface area contributed by atoms with Crippen molar-refractivity contribution in [3.63, 3.8) is 0 Å². The Bertz CT molecular complexity index is 1890. The Morgan fingerprint density at radius 1 is 0.545 bits per heavy atom. The molecule has 0 atom stereocenters. The predicted molar refractivity (Wildman–Crippen MR) is 191 cm³/mol. The third kappa shape index (κ3) is 7.53. The molecule has 0 spiro atoms. The van der Waals surface area contributed by atoms with Crippen molar-refractivity contribution >= 4 is 87.2 Å². The molecule has 10 heteroatoms. The van der Waals surface area contributed by atoms with Gasteiger partial charge in [0.1, 0.15) is 11.4 Å². The van der Waals surface area contributed by atoms with E-state index in [0.717, 1.165) is 23.1 Å². The maximum Gasteiger partial charge on any atom is 0.109 e. The van der Waals surface area contributed by atoms with Gasteiger partial charge in [0.05, 0.1) is 22.7 Å². The van der Waals surface area contributed by atoms with Crippen molar-refractivity contribution in [1.29, 1.82) is 0 Å². The molecule has 0 unspecified atom stereocenters. The molecule has 5 aromatic carbocycles. The summed E-state index contributed by atoms with van der Waals surface area (Å²) < 4.78 is 0. The molecule has 1 aliphatic rings. The summed E-state index contributed by atoms with van der Waals surface area (Å²) in [6.45, 7) is 5.72. The highest BCUT2D eigenvalue weighted by molar-refractivity contribution is 5.94. The molecule has 0 saturated carbocycles. The second-order valence-corrected chi connectivity index (χ2v) is 10.4. The van der Waals surface area contributed by atoms with E-state index < -0.39 is 0 Å². The molecule has 0 fully saturated rings. The maximum atomic E-state index is 5.98. The van der Waals surface area contributed by atoms with Gasteiger partial charge in [0.15, 0.2) is 0 Å². The standard InChI is InChI=1S/C21H24N8.C13H10.2ClH/c1-11-4-5-14(26-28-20-6-12(2)15(22)9-17(20)24)8-19(11)27-29-21-7-13(3)16(23)10-18(21)25;1-4-10-6-2-8-12-9-3-7-11(5-1)13(10)12;;/h4-10H,22-25H2,1-3H3;1-8H,9H2;2*1H. The number of aryl methyl sites for hydroxylation is 3. The number of anilines is 4. The minimum Gasteiger partial charge on any atom is -0.398 e. The fourth-order valence-electron chi connectivity index (χ4n) is 4.69. The molecule has 0 amide bonds. The number of nitrogens with zero attached hydrogens (tertiary/aromatic N) is 4. The largest absolute Gasteiger partial charge is 0.398 e. The summed E-state index contributed by atoms with van der Waals surface area (Å²) in [5.74, 6) is 0. The van der Waals surface area contributed by atoms with Crippen molar-refractivity contribution in [2.75, 3.05) is 22.9 Å². The summed E-state index contributed by atoms with van der Waals surface area (Å²) in [4.78, 5) is 0. The molecule has 0 bridgehead atoms. The van der Waals surface area contributed by atoms with E-state index in [9.17, 15) is 0 Å². The van der Waals surface area contributed by atoms with Gasteiger partial charge < -0.3 is 22.9 Å². The van der Waals surface area contributed by atoms with Gasteiger partial charge in [-0.3, -0.25) is 0 Å². The van der Waals surface area contributed by atoms with Gasteiger partial charge >= 0.3 is 0 Å². The topological polar surface area (TPSA) is 154 Å². The number of benzene rings is 5. The molecule has 44 heavy (non-hydrogen) atoms. The SMILES string of the molecule is C1=Cc2cccc3cccc(c23)C1.Cc1cc(N=Nc2ccc(C)c(N=Nc3cc(C)c(N)cc3N)c2)c(N)cc1N.Cl.Cl. The monoisotopic (exact) mass is 626 g/mol. The van der Waals surface area contributed by atoms with E-state index in [1.807, 2.05) is 32.9 Å². The Kier molecular flexibility index (Phi) is 11.1. The van der Waals surface area contributed by atoms with Crippen LogP contribution in [0.3, 0.4) is 0 Å². The lowest BCUT2D eigenvalue weighted by Crippen LogP contribution is -1.93. The van der Waals surface area contributed by atoms with Crippen LogP contribution in [0, 0.1) is 20.8 Å². The number of hydrogen-bond acceptors (Lipinski definition) is 8. The molecular weight excluding hydrogens is 591 g/mol. The van der Waals surface area contributed by atoms with Crippen molar-refractivity contribution in [2.24, 2.45) is 20.5 Å². The van der Waals surface area contributed by atoms with Crippen LogP contribution in [0.15, 0.2) is 105 Å². The zero-order valence-electron chi connectivity index (χ0n) is 24.8. The van der Waals surface area contributed by atoms with E-state index in [-0.39, 0.29) is 24.8 Å². The van der Waals surface area contributed by atoms with Crippen LogP contribution in [0.5, 0.6) is 0 Å². The summed E-state index contributed by atoms with van der Waals surface area (Å²) in [7, 11) is 0. The number of nitrogens with two attached hydrogens (primary N) is 4. The van der Waals surface area contributed by atoms with Gasteiger partial charge in [0.25, 0.3) is 0 Å². The highest BCUT2D eigenvalue weighted by Crippen LogP contribution is 2.33. The highest BCUT2D eigenvalue weighted by Gasteiger charge is 2.07. The number of azo groups is 2. The fraction of sp³-hybridized carbons (Fsp3) is 0.118. The van der Waals surface area contributed by atoms with Crippen LogP contribution in [0.25, 0.3) is 16.8 Å². The third-order valence-electron chi connectivity index (χ3n) is 7.22. The van der Waals surface area contributed by atoms with Crippen LogP contribution in [-0.4, -0.2) is 0 Å². The van der Waals surface area contributed by atoms with E-state index in [0.29, 0.717) is 45.5 Å². The van der Waals surface area contributed by atoms with Crippen molar-refractivity contribution in [1.82, 2.24) is 0 Å². The van der Waals surface area contributed by atoms with Crippen LogP contribution in [0.4, 0.5) is 45.5 Å². The van der Waals surface area contributed by atoms with Crippen LogP contribution < -0.4 is 22.9 Å². The molecule has 0 aromatic heterocycles. The molecule has 226 valence electrons. The number of rotatable bonds is 4. The van der Waals surface area contributed by atoms with Crippen molar-refractivity contribution < 1.29 is 0 Å². The average Bonchev–Trinajstić information content (AvgIpc) is 2.97. The Morgan fingerprint density at radius 2 is 1.11 bits per heavy atom. The molecule has 1 aliphatic carbocycles. The quantitative estimate of drug-likeness (QED) is 0.116. The fourth-order valence-corrected chi connectivity index (χ4v) is 4.69. The van der Waals surface area contributed by atoms with Gasteiger partial charge in [-0.05, 0) is 102 Å². The van der Waals surface area contributed by atoms with E-state index in [1.165, 1.54) is 21.9 Å². The van der Waals surface area contributed by atoms with E-state index in [4.69, 9.17) is 22.9 Å². The van der Waals surface area contributed by atoms with Gasteiger partial charge in [-0.25, -0.2) is 0 Å². The van der Waals surface area contributed by atoms with Crippen molar-refractivity contribution in [3.05, 3.63) is 113 Å². The van der Waals surface area contributed by atoms with Crippen molar-refractivity contribution in [2.45, 2.75) is 27.2 Å². The lowest BCUT2D eigenvalue weighted by atomic mass is 9.93. The van der Waals surface area contributed by atoms with E-state index >= 15 is 0 Å². The van der Waals surface area contributed by atoms with E-state index in [2.05, 4.69) is 69.0 Å². The Labute approximate surface area is 269 Å². The lowest BCUT2D eigenvalue weighted by Gasteiger charge is -2.11. The highest BCUT2D eigenvalue weighted by atomic mass is 35.5. The van der Waals surface area contributed by atoms with Crippen LogP contribution in [-0.2, 0) is 6.42 Å². The second kappa shape index (κ2) is 14.5. The number of nitrogen functional groups attached to an aromatic ring is 4. The number of allylic oxidation sites excluding steroid dienone is 1. The molecule has 8 nitrogen and oxygen atoms in total. The first kappa shape index (κ1) is 33.6. The summed E-state index contributed by atoms with van der Waals surface area (Å²) in [6, 6.07) is 25.5. The summed E-state index contributed by atoms with van der Waals surface area (Å²) in [5.41, 5.74) is 33.8. The molecule has 6 rings (SSSR count). The molecule has 5 aromatic rings. The number of hydrogen-bond donors (Lipinski definition) is 4.